The number of hydrogen-bond donors (Lipinski definition) is 16. The van der Waals surface area contributed by atoms with Crippen molar-refractivity contribution in [3.05, 3.63) is 87.0 Å². The summed E-state index contributed by atoms with van der Waals surface area (Å²) in [6.45, 7) is -1.46. The molecule has 11 rings (SSSR count). The summed E-state index contributed by atoms with van der Waals surface area (Å²) >= 11 is 0. The van der Waals surface area contributed by atoms with Crippen LogP contribution in [0.15, 0.2) is 48.0 Å². The number of aliphatic hydroxyl groups excluding tert-OH is 2. The van der Waals surface area contributed by atoms with Crippen LogP contribution in [0.1, 0.15) is 65.3 Å². The lowest BCUT2D eigenvalue weighted by atomic mass is 9.66. The van der Waals surface area contributed by atoms with Crippen molar-refractivity contribution in [2.45, 2.75) is 60.4 Å². The molecule has 0 radical (unpaired) electrons. The van der Waals surface area contributed by atoms with Crippen molar-refractivity contribution in [1.29, 1.82) is 0 Å². The van der Waals surface area contributed by atoms with E-state index in [0.29, 0.717) is 12.1 Å². The molecule has 2 bridgehead atoms. The molecule has 16 N–H and O–H groups in total. The molecule has 29 nitrogen and oxygen atoms in total. The minimum Gasteiger partial charge on any atom is -0.507 e. The zero-order chi connectivity index (χ0) is 56.3. The van der Waals surface area contributed by atoms with Crippen LogP contribution in [0.5, 0.6) is 80.5 Å². The molecule has 9 atom stereocenters. The van der Waals surface area contributed by atoms with Crippen LogP contribution in [-0.2, 0) is 44.5 Å². The number of carbonyl (C=O) groups is 6. The number of rotatable bonds is 3. The fraction of sp³-hybridized carbons (Fsp3) is 0.224. The van der Waals surface area contributed by atoms with E-state index in [9.17, 15) is 101 Å². The Morgan fingerprint density at radius 1 is 0.526 bits per heavy atom. The first kappa shape index (κ1) is 49.9. The molecule has 0 aliphatic carbocycles. The number of hydrogen-bond acceptors (Lipinski definition) is 28. The highest BCUT2D eigenvalue weighted by Gasteiger charge is 2.76. The van der Waals surface area contributed by atoms with Gasteiger partial charge in [-0.1, -0.05) is 6.07 Å². The summed E-state index contributed by atoms with van der Waals surface area (Å²) in [5.74, 6) is -35.4. The van der Waals surface area contributed by atoms with Crippen molar-refractivity contribution in [2.75, 3.05) is 6.61 Å². The summed E-state index contributed by atoms with van der Waals surface area (Å²) in [7, 11) is 0. The molecule has 0 aromatic heterocycles. The van der Waals surface area contributed by atoms with Crippen LogP contribution in [0, 0.1) is 0 Å². The van der Waals surface area contributed by atoms with Gasteiger partial charge in [0, 0.05) is 40.3 Å². The average Bonchev–Trinajstić information content (AvgIpc) is 2.28. The monoisotopic (exact) mass is 1090 g/mol. The fourth-order valence-corrected chi connectivity index (χ4v) is 10.6. The first-order valence-corrected chi connectivity index (χ1v) is 22.4. The molecule has 1 fully saturated rings. The second-order valence-corrected chi connectivity index (χ2v) is 18.4. The second-order valence-electron chi connectivity index (χ2n) is 18.4. The molecule has 1 saturated heterocycles. The Bertz CT molecular complexity index is 3670. The van der Waals surface area contributed by atoms with Crippen molar-refractivity contribution in [3.8, 4) is 91.6 Å². The molecule has 1 spiro atoms. The number of carboxylic acids is 1. The quantitative estimate of drug-likeness (QED) is 0.0646. The second kappa shape index (κ2) is 16.6. The summed E-state index contributed by atoms with van der Waals surface area (Å²) in [4.78, 5) is 87.2. The number of esters is 5. The van der Waals surface area contributed by atoms with Crippen LogP contribution < -0.4 is 9.47 Å². The van der Waals surface area contributed by atoms with Crippen molar-refractivity contribution >= 4 is 41.4 Å². The first-order valence-electron chi connectivity index (χ1n) is 22.4. The number of cyclic esters (lactones) is 4. The molecule has 0 amide bonds. The summed E-state index contributed by atoms with van der Waals surface area (Å²) in [5, 5.41) is 176. The zero-order valence-electron chi connectivity index (χ0n) is 38.5. The van der Waals surface area contributed by atoms with E-state index in [1.54, 1.807) is 0 Å². The number of aliphatic carboxylic acids is 1. The van der Waals surface area contributed by atoms with Gasteiger partial charge in [-0.05, 0) is 35.9 Å². The van der Waals surface area contributed by atoms with Crippen molar-refractivity contribution < 1.29 is 144 Å². The third-order valence-electron chi connectivity index (χ3n) is 14.1. The Morgan fingerprint density at radius 3 is 1.64 bits per heavy atom. The Kier molecular flexibility index (Phi) is 10.6. The number of aromatic hydroxyl groups is 12. The Hall–Kier alpha value is -10.3. The minimum absolute atomic E-state index is 0.0720. The molecule has 0 saturated carbocycles. The first-order chi connectivity index (χ1) is 36.7. The van der Waals surface area contributed by atoms with Crippen LogP contribution in [0.2, 0.25) is 0 Å². The van der Waals surface area contributed by atoms with Gasteiger partial charge in [0.15, 0.2) is 64.3 Å². The molecule has 5 aromatic carbocycles. The Balaban J connectivity index is 1.21. The van der Waals surface area contributed by atoms with Gasteiger partial charge in [0.25, 0.3) is 0 Å². The summed E-state index contributed by atoms with van der Waals surface area (Å²) in [6.07, 6.45) is -14.8. The SMILES string of the molecule is O=C1O[C@@H]2[C@H]([C@@H]3OC(=O)c4cc(O)c(O)c(O)c4-c4c(cc(O)c(O)c4O)C(=O)OC[C@H]3O)OC(=O)c3cc(O)c(O)c(O)c3C3=C1[C@]1(Oc4cc(O)c5c(c4[C@H]21)O[C@H](c1ccc(O)c(O)c1)[C@H](O)C5)C(=O)O[C@@]3(O)C(=O)O. The minimum atomic E-state index is -4.21. The van der Waals surface area contributed by atoms with Gasteiger partial charge in [0.2, 0.25) is 22.8 Å². The van der Waals surface area contributed by atoms with Gasteiger partial charge >= 0.3 is 41.6 Å². The van der Waals surface area contributed by atoms with E-state index in [1.807, 2.05) is 0 Å². The van der Waals surface area contributed by atoms with Crippen LogP contribution in [-0.4, -0.2) is 166 Å². The number of aliphatic hydroxyl groups is 3. The number of ether oxygens (including phenoxy) is 7. The van der Waals surface area contributed by atoms with E-state index in [0.717, 1.165) is 18.2 Å². The third kappa shape index (κ3) is 6.64. The molecule has 404 valence electrons. The number of benzene rings is 5. The number of phenols is 12. The molecule has 0 unspecified atom stereocenters. The van der Waals surface area contributed by atoms with Crippen molar-refractivity contribution in [3.63, 3.8) is 0 Å². The van der Waals surface area contributed by atoms with Crippen molar-refractivity contribution in [2.24, 2.45) is 0 Å². The molecular weight excluding hydrogens is 1050 g/mol. The number of fused-ring (bicyclic) bond motifs is 12. The fourth-order valence-electron chi connectivity index (χ4n) is 10.6. The van der Waals surface area contributed by atoms with Crippen LogP contribution in [0.3, 0.4) is 0 Å². The molecule has 5 aromatic rings. The Morgan fingerprint density at radius 2 is 1.06 bits per heavy atom. The summed E-state index contributed by atoms with van der Waals surface area (Å²) in [5.41, 5.74) is -14.8. The highest BCUT2D eigenvalue weighted by atomic mass is 16.7. The van der Waals surface area contributed by atoms with E-state index in [1.165, 1.54) is 6.07 Å². The number of carboxylic acid groups (broad SMARTS) is 1. The topological polar surface area (TPSA) is 491 Å². The smallest absolute Gasteiger partial charge is 0.382 e. The standard InChI is InChI=1S/C49H34O29/c50-15-2-1-10(3-17(15)52)37-21(56)4-11-16(51)8-23-27(38(11)73-37)29-40-41(39-22(57)9-72-42(64)12-5-18(53)31(58)34(61)24(12)25-13(43(65)74-39)6-19(54)32(59)35(25)62)76-44(66)14-7-20(55)33(60)36(63)26(14)28-30(45(67)75-40)48(29,77-23)47(70)78-49(28,71)46(68)69/h1-3,5-8,21-22,29,37,39-41,50-63,71H,4,9H2,(H,68,69)/t21-,22-,29-,37-,39-,40+,41+,48+,49-/m1/s1. The largest absolute Gasteiger partial charge is 0.507 e. The molecular formula is C49H34O29. The molecule has 6 heterocycles. The van der Waals surface area contributed by atoms with Gasteiger partial charge in [-0.2, -0.15) is 0 Å². The molecule has 29 heteroatoms. The highest BCUT2D eigenvalue weighted by molar-refractivity contribution is 6.18. The lowest BCUT2D eigenvalue weighted by Gasteiger charge is -2.49. The maximum atomic E-state index is 15.1. The van der Waals surface area contributed by atoms with Crippen LogP contribution in [0.25, 0.3) is 16.7 Å². The third-order valence-corrected chi connectivity index (χ3v) is 14.1. The van der Waals surface area contributed by atoms with Crippen LogP contribution >= 0.6 is 0 Å². The van der Waals surface area contributed by atoms with Gasteiger partial charge < -0.3 is 115 Å². The van der Waals surface area contributed by atoms with E-state index >= 15 is 9.59 Å². The lowest BCUT2D eigenvalue weighted by Crippen LogP contribution is -2.68. The van der Waals surface area contributed by atoms with E-state index in [2.05, 4.69) is 0 Å². The number of carbonyl (C=O) groups excluding carboxylic acids is 5. The van der Waals surface area contributed by atoms with Gasteiger partial charge in [-0.15, -0.1) is 0 Å². The van der Waals surface area contributed by atoms with E-state index in [-0.39, 0.29) is 17.2 Å². The van der Waals surface area contributed by atoms with Gasteiger partial charge in [-0.25, -0.2) is 28.8 Å². The number of phenolic OH excluding ortho intramolecular Hbond substituents is 12. The normalized spacial score (nSPS) is 26.8. The Labute approximate surface area is 429 Å². The predicted octanol–water partition coefficient (Wildman–Crippen LogP) is 0.0778. The highest BCUT2D eigenvalue weighted by Crippen LogP contribution is 2.65. The summed E-state index contributed by atoms with van der Waals surface area (Å²) in [6, 6.07) is 5.01. The average molecular weight is 1090 g/mol. The maximum absolute atomic E-state index is 15.1. The lowest BCUT2D eigenvalue weighted by molar-refractivity contribution is -0.226. The predicted molar refractivity (Wildman–Crippen MR) is 241 cm³/mol. The van der Waals surface area contributed by atoms with Gasteiger partial charge in [0.1, 0.15) is 41.6 Å². The molecule has 6 aliphatic rings. The van der Waals surface area contributed by atoms with E-state index in [4.69, 9.17) is 33.2 Å². The van der Waals surface area contributed by atoms with Gasteiger partial charge in [0.05, 0.1) is 34.3 Å². The van der Waals surface area contributed by atoms with Crippen molar-refractivity contribution in [1.82, 2.24) is 0 Å². The molecule has 6 aliphatic heterocycles. The maximum Gasteiger partial charge on any atom is 0.382 e. The molecule has 78 heavy (non-hydrogen) atoms. The van der Waals surface area contributed by atoms with Gasteiger partial charge in [-0.3, -0.25) is 0 Å². The van der Waals surface area contributed by atoms with E-state index < -0.39 is 233 Å². The zero-order valence-corrected chi connectivity index (χ0v) is 38.5. The summed E-state index contributed by atoms with van der Waals surface area (Å²) < 4.78 is 40.7. The van der Waals surface area contributed by atoms with Crippen LogP contribution in [0.4, 0.5) is 0 Å².